The standard InChI is InChI=1S/C7H9BrN2O2S/c1-10(9)13(11,12)7-4-2-6(8)3-5-7/h2-5H,9H2,1H3. The predicted octanol–water partition coefficient (Wildman–Crippen LogP) is 0.943. The Kier molecular flexibility index (Phi) is 3.07. The molecule has 0 aliphatic heterocycles. The van der Waals surface area contributed by atoms with Gasteiger partial charge >= 0.3 is 0 Å². The third-order valence-electron chi connectivity index (χ3n) is 1.49. The van der Waals surface area contributed by atoms with E-state index in [4.69, 9.17) is 5.84 Å². The first-order valence-corrected chi connectivity index (χ1v) is 5.67. The van der Waals surface area contributed by atoms with Crippen molar-refractivity contribution < 1.29 is 8.42 Å². The fourth-order valence-electron chi connectivity index (χ4n) is 0.773. The number of halogens is 1. The van der Waals surface area contributed by atoms with Crippen LogP contribution in [-0.2, 0) is 10.0 Å². The summed E-state index contributed by atoms with van der Waals surface area (Å²) < 4.78 is 24.4. The molecule has 0 atom stereocenters. The van der Waals surface area contributed by atoms with Gasteiger partial charge in [0, 0.05) is 11.5 Å². The van der Waals surface area contributed by atoms with E-state index in [-0.39, 0.29) is 4.90 Å². The van der Waals surface area contributed by atoms with Crippen LogP contribution < -0.4 is 5.84 Å². The van der Waals surface area contributed by atoms with E-state index < -0.39 is 10.0 Å². The lowest BCUT2D eigenvalue weighted by Crippen LogP contribution is -2.33. The lowest BCUT2D eigenvalue weighted by Gasteiger charge is -2.10. The molecule has 0 aliphatic rings. The Hall–Kier alpha value is -0.430. The number of hydrogen-bond donors (Lipinski definition) is 1. The van der Waals surface area contributed by atoms with Crippen LogP contribution in [0.1, 0.15) is 0 Å². The number of rotatable bonds is 2. The highest BCUT2D eigenvalue weighted by Crippen LogP contribution is 2.15. The maximum Gasteiger partial charge on any atom is 0.255 e. The van der Waals surface area contributed by atoms with Crippen molar-refractivity contribution in [2.45, 2.75) is 4.90 Å². The van der Waals surface area contributed by atoms with E-state index in [1.54, 1.807) is 12.1 Å². The van der Waals surface area contributed by atoms with Gasteiger partial charge in [0.1, 0.15) is 0 Å². The quantitative estimate of drug-likeness (QED) is 0.639. The van der Waals surface area contributed by atoms with Crippen LogP contribution in [0.4, 0.5) is 0 Å². The van der Waals surface area contributed by atoms with Gasteiger partial charge in [0.2, 0.25) is 0 Å². The van der Waals surface area contributed by atoms with E-state index in [2.05, 4.69) is 15.9 Å². The monoisotopic (exact) mass is 264 g/mol. The van der Waals surface area contributed by atoms with Crippen LogP contribution in [0.2, 0.25) is 0 Å². The molecule has 0 fully saturated rings. The summed E-state index contributed by atoms with van der Waals surface area (Å²) >= 11 is 3.21. The maximum absolute atomic E-state index is 11.4. The van der Waals surface area contributed by atoms with Crippen LogP contribution in [-0.4, -0.2) is 19.9 Å². The summed E-state index contributed by atoms with van der Waals surface area (Å²) in [4.78, 5) is 0.181. The van der Waals surface area contributed by atoms with Crippen molar-refractivity contribution in [3.63, 3.8) is 0 Å². The maximum atomic E-state index is 11.4. The minimum Gasteiger partial charge on any atom is -0.255 e. The summed E-state index contributed by atoms with van der Waals surface area (Å²) in [6, 6.07) is 6.28. The summed E-state index contributed by atoms with van der Waals surface area (Å²) in [5, 5.41) is 0. The Morgan fingerprint density at radius 1 is 1.31 bits per heavy atom. The topological polar surface area (TPSA) is 63.4 Å². The minimum atomic E-state index is -3.50. The van der Waals surface area contributed by atoms with Crippen molar-refractivity contribution in [2.75, 3.05) is 7.05 Å². The van der Waals surface area contributed by atoms with E-state index in [9.17, 15) is 8.42 Å². The highest BCUT2D eigenvalue weighted by molar-refractivity contribution is 9.10. The predicted molar refractivity (Wildman–Crippen MR) is 53.3 cm³/mol. The van der Waals surface area contributed by atoms with Gasteiger partial charge in [-0.15, -0.1) is 4.41 Å². The lowest BCUT2D eigenvalue weighted by molar-refractivity contribution is 0.486. The van der Waals surface area contributed by atoms with Crippen molar-refractivity contribution >= 4 is 26.0 Å². The molecule has 0 aromatic heterocycles. The third-order valence-corrected chi connectivity index (χ3v) is 3.65. The number of benzene rings is 1. The van der Waals surface area contributed by atoms with Crippen LogP contribution in [0.3, 0.4) is 0 Å². The van der Waals surface area contributed by atoms with Gasteiger partial charge in [-0.25, -0.2) is 8.42 Å². The molecule has 0 unspecified atom stereocenters. The molecule has 13 heavy (non-hydrogen) atoms. The smallest absolute Gasteiger partial charge is 0.255 e. The van der Waals surface area contributed by atoms with Gasteiger partial charge in [-0.3, -0.25) is 5.84 Å². The molecule has 0 radical (unpaired) electrons. The zero-order chi connectivity index (χ0) is 10.1. The van der Waals surface area contributed by atoms with Crippen molar-refractivity contribution in [3.05, 3.63) is 28.7 Å². The molecule has 0 amide bonds. The van der Waals surface area contributed by atoms with Gasteiger partial charge < -0.3 is 0 Å². The SMILES string of the molecule is CN(N)S(=O)(=O)c1ccc(Br)cc1. The largest absolute Gasteiger partial charge is 0.255 e. The van der Waals surface area contributed by atoms with Gasteiger partial charge in [0.15, 0.2) is 0 Å². The van der Waals surface area contributed by atoms with Gasteiger partial charge in [0.25, 0.3) is 10.0 Å². The molecular formula is C7H9BrN2O2S. The van der Waals surface area contributed by atoms with E-state index in [0.29, 0.717) is 4.41 Å². The molecule has 0 aliphatic carbocycles. The average Bonchev–Trinajstić information content (AvgIpc) is 2.04. The number of nitrogens with zero attached hydrogens (tertiary/aromatic N) is 1. The summed E-state index contributed by atoms with van der Waals surface area (Å²) in [6.07, 6.45) is 0. The van der Waals surface area contributed by atoms with Crippen LogP contribution in [0.5, 0.6) is 0 Å². The van der Waals surface area contributed by atoms with Gasteiger partial charge in [-0.2, -0.15) is 0 Å². The first-order valence-electron chi connectivity index (χ1n) is 3.44. The van der Waals surface area contributed by atoms with Crippen LogP contribution in [0.15, 0.2) is 33.6 Å². The molecule has 0 spiro atoms. The molecule has 1 aromatic carbocycles. The Morgan fingerprint density at radius 3 is 2.15 bits per heavy atom. The molecule has 2 N–H and O–H groups in total. The third kappa shape index (κ3) is 2.28. The molecule has 0 saturated heterocycles. The van der Waals surface area contributed by atoms with E-state index in [1.165, 1.54) is 19.2 Å². The molecule has 72 valence electrons. The first kappa shape index (κ1) is 10.6. The molecule has 6 heteroatoms. The highest BCUT2D eigenvalue weighted by atomic mass is 79.9. The van der Waals surface area contributed by atoms with Gasteiger partial charge in [0.05, 0.1) is 4.90 Å². The molecule has 1 aromatic rings. The number of nitrogens with two attached hydrogens (primary N) is 1. The molecule has 0 bridgehead atoms. The second-order valence-electron chi connectivity index (χ2n) is 2.48. The summed E-state index contributed by atoms with van der Waals surface area (Å²) in [5.41, 5.74) is 0. The van der Waals surface area contributed by atoms with E-state index in [1.807, 2.05) is 0 Å². The number of hydrazine groups is 1. The van der Waals surface area contributed by atoms with Crippen molar-refractivity contribution in [3.8, 4) is 0 Å². The van der Waals surface area contributed by atoms with Crippen molar-refractivity contribution in [1.29, 1.82) is 0 Å². The summed E-state index contributed by atoms with van der Waals surface area (Å²) in [5.74, 6) is 5.17. The van der Waals surface area contributed by atoms with Crippen LogP contribution in [0.25, 0.3) is 0 Å². The molecule has 1 rings (SSSR count). The van der Waals surface area contributed by atoms with Gasteiger partial charge in [-0.05, 0) is 24.3 Å². The molecule has 0 heterocycles. The normalized spacial score (nSPS) is 12.0. The lowest BCUT2D eigenvalue weighted by atomic mass is 10.4. The zero-order valence-electron chi connectivity index (χ0n) is 6.94. The van der Waals surface area contributed by atoms with Crippen LogP contribution in [0, 0.1) is 0 Å². The van der Waals surface area contributed by atoms with Gasteiger partial charge in [-0.1, -0.05) is 15.9 Å². The molecule has 4 nitrogen and oxygen atoms in total. The highest BCUT2D eigenvalue weighted by Gasteiger charge is 2.16. The fourth-order valence-corrected chi connectivity index (χ4v) is 1.85. The number of hydrogen-bond acceptors (Lipinski definition) is 3. The average molecular weight is 265 g/mol. The number of sulfonamides is 1. The summed E-state index contributed by atoms with van der Waals surface area (Å²) in [7, 11) is -2.21. The van der Waals surface area contributed by atoms with E-state index >= 15 is 0 Å². The second-order valence-corrected chi connectivity index (χ2v) is 5.39. The Bertz CT molecular complexity index is 385. The molecule has 0 saturated carbocycles. The Labute approximate surface area is 85.5 Å². The zero-order valence-corrected chi connectivity index (χ0v) is 9.34. The van der Waals surface area contributed by atoms with Crippen LogP contribution >= 0.6 is 15.9 Å². The van der Waals surface area contributed by atoms with Crippen molar-refractivity contribution in [1.82, 2.24) is 4.41 Å². The second kappa shape index (κ2) is 3.75. The Balaban J connectivity index is 3.17. The summed E-state index contributed by atoms with van der Waals surface area (Å²) in [6.45, 7) is 0. The van der Waals surface area contributed by atoms with Crippen molar-refractivity contribution in [2.24, 2.45) is 5.84 Å². The Morgan fingerprint density at radius 2 is 1.77 bits per heavy atom. The molecular weight excluding hydrogens is 256 g/mol. The first-order chi connectivity index (χ1) is 5.94. The fraction of sp³-hybridized carbons (Fsp3) is 0.143. The van der Waals surface area contributed by atoms with E-state index in [0.717, 1.165) is 4.47 Å². The minimum absolute atomic E-state index is 0.181.